The summed E-state index contributed by atoms with van der Waals surface area (Å²) in [5.41, 5.74) is 0. The average molecular weight is 261 g/mol. The molecule has 96 valence electrons. The van der Waals surface area contributed by atoms with E-state index in [4.69, 9.17) is 4.74 Å². The Morgan fingerprint density at radius 1 is 1.35 bits per heavy atom. The van der Waals surface area contributed by atoms with Crippen LogP contribution in [0.15, 0.2) is 29.2 Å². The lowest BCUT2D eigenvalue weighted by Gasteiger charge is -2.13. The van der Waals surface area contributed by atoms with Gasteiger partial charge in [0.25, 0.3) is 0 Å². The SMILES string of the molecule is CCOCC(C)NS(=O)(=O)c1ccc(F)cc1. The van der Waals surface area contributed by atoms with Crippen molar-refractivity contribution in [2.24, 2.45) is 0 Å². The van der Waals surface area contributed by atoms with Gasteiger partial charge in [0, 0.05) is 12.6 Å². The van der Waals surface area contributed by atoms with Gasteiger partial charge in [0.05, 0.1) is 11.5 Å². The normalized spacial score (nSPS) is 13.6. The fourth-order valence-corrected chi connectivity index (χ4v) is 2.50. The summed E-state index contributed by atoms with van der Waals surface area (Å²) in [5, 5.41) is 0. The predicted molar refractivity (Wildman–Crippen MR) is 62.7 cm³/mol. The van der Waals surface area contributed by atoms with Gasteiger partial charge in [-0.3, -0.25) is 0 Å². The van der Waals surface area contributed by atoms with Crippen LogP contribution in [0.3, 0.4) is 0 Å². The molecule has 0 aliphatic rings. The van der Waals surface area contributed by atoms with Gasteiger partial charge in [0.15, 0.2) is 0 Å². The number of hydrogen-bond acceptors (Lipinski definition) is 3. The van der Waals surface area contributed by atoms with Gasteiger partial charge in [0.2, 0.25) is 10.0 Å². The Hall–Kier alpha value is -0.980. The molecule has 0 spiro atoms. The maximum Gasteiger partial charge on any atom is 0.240 e. The molecule has 0 fully saturated rings. The second kappa shape index (κ2) is 6.09. The third kappa shape index (κ3) is 4.41. The van der Waals surface area contributed by atoms with Crippen LogP contribution in [0.2, 0.25) is 0 Å². The van der Waals surface area contributed by atoms with Gasteiger partial charge in [-0.25, -0.2) is 17.5 Å². The second-order valence-corrected chi connectivity index (χ2v) is 5.35. The number of rotatable bonds is 6. The van der Waals surface area contributed by atoms with Crippen LogP contribution in [-0.4, -0.2) is 27.7 Å². The Bertz CT molecular complexity index is 444. The zero-order chi connectivity index (χ0) is 12.9. The Morgan fingerprint density at radius 3 is 2.47 bits per heavy atom. The molecule has 4 nitrogen and oxygen atoms in total. The maximum absolute atomic E-state index is 12.7. The minimum absolute atomic E-state index is 0.0437. The van der Waals surface area contributed by atoms with E-state index in [-0.39, 0.29) is 10.9 Å². The van der Waals surface area contributed by atoms with E-state index in [1.165, 1.54) is 12.1 Å². The number of nitrogens with one attached hydrogen (secondary N) is 1. The molecule has 17 heavy (non-hydrogen) atoms. The van der Waals surface area contributed by atoms with Crippen molar-refractivity contribution in [1.29, 1.82) is 0 Å². The highest BCUT2D eigenvalue weighted by Gasteiger charge is 2.17. The minimum Gasteiger partial charge on any atom is -0.380 e. The van der Waals surface area contributed by atoms with Crippen molar-refractivity contribution in [2.75, 3.05) is 13.2 Å². The molecule has 0 saturated carbocycles. The molecule has 0 aromatic heterocycles. The van der Waals surface area contributed by atoms with Crippen LogP contribution in [0.4, 0.5) is 4.39 Å². The van der Waals surface area contributed by atoms with Crippen LogP contribution < -0.4 is 4.72 Å². The molecule has 1 aromatic carbocycles. The van der Waals surface area contributed by atoms with Gasteiger partial charge in [-0.1, -0.05) is 0 Å². The van der Waals surface area contributed by atoms with Crippen molar-refractivity contribution in [3.63, 3.8) is 0 Å². The van der Waals surface area contributed by atoms with Gasteiger partial charge < -0.3 is 4.74 Å². The van der Waals surface area contributed by atoms with Gasteiger partial charge in [-0.05, 0) is 38.1 Å². The molecule has 0 aliphatic heterocycles. The fraction of sp³-hybridized carbons (Fsp3) is 0.455. The molecule has 0 aliphatic carbocycles. The summed E-state index contributed by atoms with van der Waals surface area (Å²) in [5.74, 6) is -0.466. The molecule has 0 radical (unpaired) electrons. The van der Waals surface area contributed by atoms with Crippen molar-refractivity contribution in [1.82, 2.24) is 4.72 Å². The smallest absolute Gasteiger partial charge is 0.240 e. The first-order valence-corrected chi connectivity index (χ1v) is 6.79. The predicted octanol–water partition coefficient (Wildman–Crippen LogP) is 1.53. The molecular formula is C11H16FNO3S. The van der Waals surface area contributed by atoms with Crippen LogP contribution in [0.1, 0.15) is 13.8 Å². The lowest BCUT2D eigenvalue weighted by atomic mass is 10.4. The zero-order valence-electron chi connectivity index (χ0n) is 9.81. The molecule has 1 N–H and O–H groups in total. The summed E-state index contributed by atoms with van der Waals surface area (Å²) in [6, 6.07) is 4.35. The first-order chi connectivity index (χ1) is 7.95. The fourth-order valence-electron chi connectivity index (χ4n) is 1.28. The molecule has 0 amide bonds. The van der Waals surface area contributed by atoms with Crippen LogP contribution in [0.25, 0.3) is 0 Å². The number of halogens is 1. The first kappa shape index (κ1) is 14.1. The van der Waals surface area contributed by atoms with Crippen LogP contribution in [0, 0.1) is 5.82 Å². The van der Waals surface area contributed by atoms with E-state index < -0.39 is 15.8 Å². The average Bonchev–Trinajstić information content (AvgIpc) is 2.26. The van der Waals surface area contributed by atoms with Gasteiger partial charge in [0.1, 0.15) is 5.82 Å². The molecule has 1 unspecified atom stereocenters. The number of ether oxygens (including phenoxy) is 1. The van der Waals surface area contributed by atoms with E-state index in [1.54, 1.807) is 6.92 Å². The van der Waals surface area contributed by atoms with Gasteiger partial charge in [-0.15, -0.1) is 0 Å². The third-order valence-electron chi connectivity index (χ3n) is 2.05. The van der Waals surface area contributed by atoms with E-state index >= 15 is 0 Å². The number of benzene rings is 1. The molecule has 0 heterocycles. The lowest BCUT2D eigenvalue weighted by molar-refractivity contribution is 0.133. The van der Waals surface area contributed by atoms with Crippen molar-refractivity contribution in [3.05, 3.63) is 30.1 Å². The molecule has 1 atom stereocenters. The first-order valence-electron chi connectivity index (χ1n) is 5.31. The highest BCUT2D eigenvalue weighted by molar-refractivity contribution is 7.89. The molecule has 1 rings (SSSR count). The standard InChI is InChI=1S/C11H16FNO3S/c1-3-16-8-9(2)13-17(14,15)11-6-4-10(12)5-7-11/h4-7,9,13H,3,8H2,1-2H3. The monoisotopic (exact) mass is 261 g/mol. The molecule has 0 bridgehead atoms. The maximum atomic E-state index is 12.7. The Balaban J connectivity index is 2.71. The highest BCUT2D eigenvalue weighted by Crippen LogP contribution is 2.10. The van der Waals surface area contributed by atoms with Crippen molar-refractivity contribution in [2.45, 2.75) is 24.8 Å². The summed E-state index contributed by atoms with van der Waals surface area (Å²) < 4.78 is 43.9. The Labute approximate surface area is 101 Å². The van der Waals surface area contributed by atoms with Gasteiger partial charge >= 0.3 is 0 Å². The highest BCUT2D eigenvalue weighted by atomic mass is 32.2. The summed E-state index contributed by atoms with van der Waals surface area (Å²) in [4.78, 5) is 0.0437. The summed E-state index contributed by atoms with van der Waals surface area (Å²) in [6.45, 7) is 4.37. The van der Waals surface area contributed by atoms with E-state index in [9.17, 15) is 12.8 Å². The Morgan fingerprint density at radius 2 is 1.94 bits per heavy atom. The third-order valence-corrected chi connectivity index (χ3v) is 3.66. The lowest BCUT2D eigenvalue weighted by Crippen LogP contribution is -2.35. The number of sulfonamides is 1. The van der Waals surface area contributed by atoms with E-state index in [1.807, 2.05) is 6.92 Å². The summed E-state index contributed by atoms with van der Waals surface area (Å²) in [6.07, 6.45) is 0. The van der Waals surface area contributed by atoms with Crippen molar-refractivity contribution in [3.8, 4) is 0 Å². The van der Waals surface area contributed by atoms with Crippen LogP contribution in [-0.2, 0) is 14.8 Å². The number of hydrogen-bond donors (Lipinski definition) is 1. The molecular weight excluding hydrogens is 245 g/mol. The summed E-state index contributed by atoms with van der Waals surface area (Å²) >= 11 is 0. The van der Waals surface area contributed by atoms with Crippen molar-refractivity contribution >= 4 is 10.0 Å². The van der Waals surface area contributed by atoms with E-state index in [0.717, 1.165) is 12.1 Å². The molecule has 6 heteroatoms. The Kier molecular flexibility index (Phi) is 5.04. The molecule has 0 saturated heterocycles. The van der Waals surface area contributed by atoms with Crippen LogP contribution in [0.5, 0.6) is 0 Å². The van der Waals surface area contributed by atoms with Crippen molar-refractivity contribution < 1.29 is 17.5 Å². The largest absolute Gasteiger partial charge is 0.380 e. The van der Waals surface area contributed by atoms with E-state index in [2.05, 4.69) is 4.72 Å². The molecule has 1 aromatic rings. The quantitative estimate of drug-likeness (QED) is 0.845. The van der Waals surface area contributed by atoms with E-state index in [0.29, 0.717) is 13.2 Å². The van der Waals surface area contributed by atoms with Crippen LogP contribution >= 0.6 is 0 Å². The zero-order valence-corrected chi connectivity index (χ0v) is 10.6. The minimum atomic E-state index is -3.60. The second-order valence-electron chi connectivity index (χ2n) is 3.64. The topological polar surface area (TPSA) is 55.4 Å². The summed E-state index contributed by atoms with van der Waals surface area (Å²) in [7, 11) is -3.60. The van der Waals surface area contributed by atoms with Gasteiger partial charge in [-0.2, -0.15) is 0 Å².